The van der Waals surface area contributed by atoms with Crippen LogP contribution in [-0.2, 0) is 4.79 Å². The standard InChI is InChI=1S/C21H16BrN3O2/c22-17-7-5-15-10-18(8-6-14(15)9-17)27-13-21(26)25-24-12-16-11-23-20-4-2-1-3-19(16)20/h1-12,23H,13H2,(H,25,26)/b24-12+. The molecule has 2 N–H and O–H groups in total. The van der Waals surface area contributed by atoms with E-state index in [2.05, 4.69) is 31.4 Å². The molecule has 1 aromatic heterocycles. The van der Waals surface area contributed by atoms with Gasteiger partial charge in [-0.25, -0.2) is 5.43 Å². The lowest BCUT2D eigenvalue weighted by Crippen LogP contribution is -2.24. The lowest BCUT2D eigenvalue weighted by atomic mass is 10.1. The second-order valence-corrected chi connectivity index (χ2v) is 6.94. The number of H-pyrrole nitrogens is 1. The molecule has 0 fully saturated rings. The molecule has 3 aromatic carbocycles. The smallest absolute Gasteiger partial charge is 0.277 e. The summed E-state index contributed by atoms with van der Waals surface area (Å²) in [5.74, 6) is 0.322. The van der Waals surface area contributed by atoms with Gasteiger partial charge in [0.25, 0.3) is 5.91 Å². The first kappa shape index (κ1) is 17.3. The van der Waals surface area contributed by atoms with Gasteiger partial charge in [0, 0.05) is 27.1 Å². The maximum atomic E-state index is 12.0. The van der Waals surface area contributed by atoms with E-state index in [1.54, 1.807) is 6.21 Å². The predicted octanol–water partition coefficient (Wildman–Crippen LogP) is 4.61. The van der Waals surface area contributed by atoms with E-state index in [1.807, 2.05) is 66.9 Å². The summed E-state index contributed by atoms with van der Waals surface area (Å²) in [5.41, 5.74) is 4.42. The molecule has 1 amide bonds. The highest BCUT2D eigenvalue weighted by atomic mass is 79.9. The van der Waals surface area contributed by atoms with E-state index in [9.17, 15) is 4.79 Å². The number of hydrazone groups is 1. The Kier molecular flexibility index (Phi) is 4.89. The van der Waals surface area contributed by atoms with Crippen LogP contribution in [0.3, 0.4) is 0 Å². The van der Waals surface area contributed by atoms with Gasteiger partial charge in [0.2, 0.25) is 0 Å². The van der Waals surface area contributed by atoms with Crippen molar-refractivity contribution in [3.63, 3.8) is 0 Å². The van der Waals surface area contributed by atoms with Crippen molar-refractivity contribution in [2.24, 2.45) is 5.10 Å². The van der Waals surface area contributed by atoms with Crippen LogP contribution < -0.4 is 10.2 Å². The van der Waals surface area contributed by atoms with E-state index in [0.29, 0.717) is 5.75 Å². The first-order chi connectivity index (χ1) is 13.2. The van der Waals surface area contributed by atoms with Crippen LogP contribution in [0.15, 0.2) is 76.4 Å². The van der Waals surface area contributed by atoms with Crippen molar-refractivity contribution in [1.29, 1.82) is 0 Å². The third-order valence-corrected chi connectivity index (χ3v) is 4.65. The number of aromatic amines is 1. The topological polar surface area (TPSA) is 66.5 Å². The summed E-state index contributed by atoms with van der Waals surface area (Å²) in [6, 6.07) is 19.6. The Morgan fingerprint density at radius 2 is 1.93 bits per heavy atom. The fraction of sp³-hybridized carbons (Fsp3) is 0.0476. The Hall–Kier alpha value is -3.12. The molecule has 0 saturated carbocycles. The van der Waals surface area contributed by atoms with Crippen molar-refractivity contribution in [1.82, 2.24) is 10.4 Å². The highest BCUT2D eigenvalue weighted by Gasteiger charge is 2.04. The van der Waals surface area contributed by atoms with Gasteiger partial charge in [-0.05, 0) is 41.1 Å². The summed E-state index contributed by atoms with van der Waals surface area (Å²) < 4.78 is 6.58. The Morgan fingerprint density at radius 1 is 1.11 bits per heavy atom. The largest absolute Gasteiger partial charge is 0.484 e. The minimum Gasteiger partial charge on any atom is -0.484 e. The third-order valence-electron chi connectivity index (χ3n) is 4.16. The number of nitrogens with zero attached hydrogens (tertiary/aromatic N) is 1. The molecule has 0 saturated heterocycles. The molecule has 0 spiro atoms. The second-order valence-electron chi connectivity index (χ2n) is 6.02. The number of para-hydroxylation sites is 1. The normalized spacial score (nSPS) is 11.3. The van der Waals surface area contributed by atoms with Crippen LogP contribution >= 0.6 is 15.9 Å². The van der Waals surface area contributed by atoms with Crippen molar-refractivity contribution in [2.75, 3.05) is 6.61 Å². The Bertz CT molecular complexity index is 1150. The second kappa shape index (κ2) is 7.63. The summed E-state index contributed by atoms with van der Waals surface area (Å²) in [6.07, 6.45) is 3.47. The molecule has 0 bridgehead atoms. The minimum absolute atomic E-state index is 0.104. The number of carbonyl (C=O) groups excluding carboxylic acids is 1. The fourth-order valence-electron chi connectivity index (χ4n) is 2.84. The van der Waals surface area contributed by atoms with Crippen molar-refractivity contribution in [3.8, 4) is 5.75 Å². The average Bonchev–Trinajstić information content (AvgIpc) is 3.09. The molecule has 0 aliphatic heterocycles. The number of aromatic nitrogens is 1. The number of fused-ring (bicyclic) bond motifs is 2. The van der Waals surface area contributed by atoms with Crippen LogP contribution in [0.4, 0.5) is 0 Å². The van der Waals surface area contributed by atoms with Gasteiger partial charge in [0.1, 0.15) is 5.75 Å². The number of carbonyl (C=O) groups is 1. The van der Waals surface area contributed by atoms with Crippen molar-refractivity contribution >= 4 is 49.7 Å². The average molecular weight is 422 g/mol. The number of rotatable bonds is 5. The van der Waals surface area contributed by atoms with Crippen LogP contribution in [0.1, 0.15) is 5.56 Å². The molecule has 1 heterocycles. The van der Waals surface area contributed by atoms with Gasteiger partial charge in [-0.1, -0.05) is 46.3 Å². The summed E-state index contributed by atoms with van der Waals surface area (Å²) in [6.45, 7) is -0.104. The number of ether oxygens (including phenoxy) is 1. The van der Waals surface area contributed by atoms with Gasteiger partial charge in [0.15, 0.2) is 6.61 Å². The first-order valence-corrected chi connectivity index (χ1v) is 9.18. The molecule has 5 nitrogen and oxygen atoms in total. The fourth-order valence-corrected chi connectivity index (χ4v) is 3.22. The van der Waals surface area contributed by atoms with E-state index in [-0.39, 0.29) is 12.5 Å². The van der Waals surface area contributed by atoms with Gasteiger partial charge in [-0.15, -0.1) is 0 Å². The molecular formula is C21H16BrN3O2. The maximum Gasteiger partial charge on any atom is 0.277 e. The maximum absolute atomic E-state index is 12.0. The first-order valence-electron chi connectivity index (χ1n) is 8.39. The molecule has 0 unspecified atom stereocenters. The van der Waals surface area contributed by atoms with Gasteiger partial charge < -0.3 is 9.72 Å². The van der Waals surface area contributed by atoms with E-state index in [1.165, 1.54) is 0 Å². The summed E-state index contributed by atoms with van der Waals surface area (Å²) in [4.78, 5) is 15.1. The molecule has 4 rings (SSSR count). The van der Waals surface area contributed by atoms with Crippen molar-refractivity contribution < 1.29 is 9.53 Å². The predicted molar refractivity (Wildman–Crippen MR) is 111 cm³/mol. The van der Waals surface area contributed by atoms with Crippen LogP contribution in [0.2, 0.25) is 0 Å². The molecule has 0 aliphatic rings. The van der Waals surface area contributed by atoms with Gasteiger partial charge in [0.05, 0.1) is 6.21 Å². The SMILES string of the molecule is O=C(COc1ccc2cc(Br)ccc2c1)N/N=C/c1c[nH]c2ccccc12. The van der Waals surface area contributed by atoms with E-state index in [0.717, 1.165) is 31.7 Å². The summed E-state index contributed by atoms with van der Waals surface area (Å²) in [5, 5.41) is 7.21. The zero-order valence-corrected chi connectivity index (χ0v) is 15.9. The van der Waals surface area contributed by atoms with Crippen LogP contribution in [0.5, 0.6) is 5.75 Å². The number of hydrogen-bond acceptors (Lipinski definition) is 3. The lowest BCUT2D eigenvalue weighted by Gasteiger charge is -2.06. The van der Waals surface area contributed by atoms with Gasteiger partial charge in [-0.3, -0.25) is 4.79 Å². The third kappa shape index (κ3) is 4.01. The number of benzene rings is 3. The van der Waals surface area contributed by atoms with Gasteiger partial charge in [-0.2, -0.15) is 5.10 Å². The molecule has 0 aliphatic carbocycles. The molecule has 27 heavy (non-hydrogen) atoms. The molecule has 4 aromatic rings. The molecular weight excluding hydrogens is 406 g/mol. The van der Waals surface area contributed by atoms with Crippen LogP contribution in [-0.4, -0.2) is 23.7 Å². The minimum atomic E-state index is -0.318. The molecule has 6 heteroatoms. The van der Waals surface area contributed by atoms with E-state index >= 15 is 0 Å². The number of hydrogen-bond donors (Lipinski definition) is 2. The zero-order chi connectivity index (χ0) is 18.6. The highest BCUT2D eigenvalue weighted by Crippen LogP contribution is 2.24. The number of nitrogens with one attached hydrogen (secondary N) is 2. The Balaban J connectivity index is 1.35. The quantitative estimate of drug-likeness (QED) is 0.364. The van der Waals surface area contributed by atoms with E-state index < -0.39 is 0 Å². The molecule has 0 radical (unpaired) electrons. The van der Waals surface area contributed by atoms with Crippen molar-refractivity contribution in [2.45, 2.75) is 0 Å². The number of halogens is 1. The monoisotopic (exact) mass is 421 g/mol. The molecule has 134 valence electrons. The number of amides is 1. The summed E-state index contributed by atoms with van der Waals surface area (Å²) in [7, 11) is 0. The summed E-state index contributed by atoms with van der Waals surface area (Å²) >= 11 is 3.45. The Morgan fingerprint density at radius 3 is 2.85 bits per heavy atom. The molecule has 0 atom stereocenters. The van der Waals surface area contributed by atoms with Gasteiger partial charge >= 0.3 is 0 Å². The van der Waals surface area contributed by atoms with Crippen molar-refractivity contribution in [3.05, 3.63) is 76.9 Å². The zero-order valence-electron chi connectivity index (χ0n) is 14.3. The van der Waals surface area contributed by atoms with Crippen LogP contribution in [0.25, 0.3) is 21.7 Å². The lowest BCUT2D eigenvalue weighted by molar-refractivity contribution is -0.123. The highest BCUT2D eigenvalue weighted by molar-refractivity contribution is 9.10. The Labute approximate surface area is 164 Å². The van der Waals surface area contributed by atoms with Crippen LogP contribution in [0, 0.1) is 0 Å². The van der Waals surface area contributed by atoms with E-state index in [4.69, 9.17) is 4.74 Å².